The van der Waals surface area contributed by atoms with Gasteiger partial charge in [-0.25, -0.2) is 0 Å². The first-order valence-electron chi connectivity index (χ1n) is 8.46. The lowest BCUT2D eigenvalue weighted by atomic mass is 9.80. The maximum absolute atomic E-state index is 3.69. The lowest BCUT2D eigenvalue weighted by molar-refractivity contribution is 0.175. The molecule has 3 unspecified atom stereocenters. The van der Waals surface area contributed by atoms with Gasteiger partial charge in [0.05, 0.1) is 0 Å². The van der Waals surface area contributed by atoms with Crippen LogP contribution < -0.4 is 5.32 Å². The maximum atomic E-state index is 3.69. The predicted molar refractivity (Wildman–Crippen MR) is 91.5 cm³/mol. The minimum absolute atomic E-state index is 0.425. The fourth-order valence-electron chi connectivity index (χ4n) is 3.52. The molecule has 21 heavy (non-hydrogen) atoms. The van der Waals surface area contributed by atoms with Gasteiger partial charge in [0, 0.05) is 18.6 Å². The first-order chi connectivity index (χ1) is 9.93. The van der Waals surface area contributed by atoms with E-state index in [2.05, 4.69) is 75.2 Å². The highest BCUT2D eigenvalue weighted by molar-refractivity contribution is 5.20. The second-order valence-electron chi connectivity index (χ2n) is 7.53. The first kappa shape index (κ1) is 16.5. The van der Waals surface area contributed by atoms with E-state index in [1.807, 2.05) is 0 Å². The van der Waals surface area contributed by atoms with Crippen molar-refractivity contribution in [1.82, 2.24) is 10.2 Å². The summed E-state index contributed by atoms with van der Waals surface area (Å²) >= 11 is 0. The number of nitrogens with one attached hydrogen (secondary N) is 1. The zero-order valence-corrected chi connectivity index (χ0v) is 14.4. The highest BCUT2D eigenvalue weighted by Crippen LogP contribution is 2.36. The molecule has 118 valence electrons. The molecule has 1 aromatic carbocycles. The van der Waals surface area contributed by atoms with Crippen LogP contribution in [0.15, 0.2) is 30.3 Å². The van der Waals surface area contributed by atoms with Crippen LogP contribution in [0.5, 0.6) is 0 Å². The van der Waals surface area contributed by atoms with Crippen LogP contribution in [0.4, 0.5) is 0 Å². The molecular weight excluding hydrogens is 256 g/mol. The van der Waals surface area contributed by atoms with Crippen molar-refractivity contribution < 1.29 is 0 Å². The predicted octanol–water partition coefficient (Wildman–Crippen LogP) is 4.09. The number of benzene rings is 1. The van der Waals surface area contributed by atoms with Crippen molar-refractivity contribution in [3.05, 3.63) is 35.9 Å². The van der Waals surface area contributed by atoms with E-state index in [4.69, 9.17) is 0 Å². The van der Waals surface area contributed by atoms with E-state index >= 15 is 0 Å². The summed E-state index contributed by atoms with van der Waals surface area (Å²) in [5.41, 5.74) is 1.83. The van der Waals surface area contributed by atoms with Crippen molar-refractivity contribution >= 4 is 0 Å². The van der Waals surface area contributed by atoms with Gasteiger partial charge in [0.2, 0.25) is 0 Å². The van der Waals surface area contributed by atoms with Gasteiger partial charge in [0.1, 0.15) is 0 Å². The third-order valence-electron chi connectivity index (χ3n) is 5.09. The molecule has 0 amide bonds. The van der Waals surface area contributed by atoms with Gasteiger partial charge in [-0.05, 0) is 43.3 Å². The van der Waals surface area contributed by atoms with E-state index in [0.29, 0.717) is 17.5 Å². The van der Waals surface area contributed by atoms with Crippen LogP contribution >= 0.6 is 0 Å². The molecular formula is C19H32N2. The SMILES string of the molecule is CCNC(c1ccccc1)C(C)N1CCC(C(C)(C)C)C1. The molecule has 1 saturated heterocycles. The molecule has 1 aliphatic rings. The summed E-state index contributed by atoms with van der Waals surface area (Å²) in [5.74, 6) is 0.818. The molecule has 2 rings (SSSR count). The highest BCUT2D eigenvalue weighted by atomic mass is 15.2. The summed E-state index contributed by atoms with van der Waals surface area (Å²) < 4.78 is 0. The number of nitrogens with zero attached hydrogens (tertiary/aromatic N) is 1. The average Bonchev–Trinajstić information content (AvgIpc) is 2.95. The van der Waals surface area contributed by atoms with E-state index in [-0.39, 0.29) is 0 Å². The smallest absolute Gasteiger partial charge is 0.0475 e. The van der Waals surface area contributed by atoms with Gasteiger partial charge < -0.3 is 5.32 Å². The van der Waals surface area contributed by atoms with E-state index in [1.165, 1.54) is 25.1 Å². The summed E-state index contributed by atoms with van der Waals surface area (Å²) in [6, 6.07) is 11.9. The summed E-state index contributed by atoms with van der Waals surface area (Å²) in [4.78, 5) is 2.68. The lowest BCUT2D eigenvalue weighted by Crippen LogP contribution is -2.42. The third-order valence-corrected chi connectivity index (χ3v) is 5.09. The van der Waals surface area contributed by atoms with Crippen molar-refractivity contribution in [1.29, 1.82) is 0 Å². The zero-order valence-electron chi connectivity index (χ0n) is 14.4. The van der Waals surface area contributed by atoms with Crippen LogP contribution in [0.1, 0.15) is 52.6 Å². The van der Waals surface area contributed by atoms with Crippen LogP contribution in [0.2, 0.25) is 0 Å². The maximum Gasteiger partial charge on any atom is 0.0475 e. The molecule has 1 heterocycles. The van der Waals surface area contributed by atoms with E-state index in [0.717, 1.165) is 12.5 Å². The van der Waals surface area contributed by atoms with Crippen molar-refractivity contribution in [3.63, 3.8) is 0 Å². The molecule has 2 nitrogen and oxygen atoms in total. The summed E-state index contributed by atoms with van der Waals surface area (Å²) in [5, 5.41) is 3.69. The summed E-state index contributed by atoms with van der Waals surface area (Å²) in [7, 11) is 0. The fourth-order valence-corrected chi connectivity index (χ4v) is 3.52. The van der Waals surface area contributed by atoms with Crippen molar-refractivity contribution in [2.24, 2.45) is 11.3 Å². The quantitative estimate of drug-likeness (QED) is 0.878. The fraction of sp³-hybridized carbons (Fsp3) is 0.684. The first-order valence-corrected chi connectivity index (χ1v) is 8.46. The van der Waals surface area contributed by atoms with E-state index in [1.54, 1.807) is 0 Å². The van der Waals surface area contributed by atoms with Gasteiger partial charge in [-0.2, -0.15) is 0 Å². The van der Waals surface area contributed by atoms with Crippen molar-refractivity contribution in [3.8, 4) is 0 Å². The number of hydrogen-bond acceptors (Lipinski definition) is 2. The van der Waals surface area contributed by atoms with Crippen LogP contribution in [0, 0.1) is 11.3 Å². The van der Waals surface area contributed by atoms with Crippen molar-refractivity contribution in [2.75, 3.05) is 19.6 Å². The van der Waals surface area contributed by atoms with Crippen molar-refractivity contribution in [2.45, 2.75) is 53.1 Å². The molecule has 0 bridgehead atoms. The number of rotatable bonds is 5. The Balaban J connectivity index is 2.08. The standard InChI is InChI=1S/C19H32N2/c1-6-20-18(16-10-8-7-9-11-16)15(2)21-13-12-17(14-21)19(3,4)5/h7-11,15,17-18,20H,6,12-14H2,1-5H3. The van der Waals surface area contributed by atoms with E-state index < -0.39 is 0 Å². The van der Waals surface area contributed by atoms with Gasteiger partial charge >= 0.3 is 0 Å². The Bertz CT molecular complexity index is 421. The summed E-state index contributed by atoms with van der Waals surface area (Å²) in [6.45, 7) is 15.2. The van der Waals surface area contributed by atoms with Gasteiger partial charge in [0.15, 0.2) is 0 Å². The number of likely N-dealkylation sites (N-methyl/N-ethyl adjacent to an activating group) is 1. The van der Waals surface area contributed by atoms with Crippen LogP contribution in [0.3, 0.4) is 0 Å². The zero-order chi connectivity index (χ0) is 15.5. The molecule has 1 aliphatic heterocycles. The molecule has 0 spiro atoms. The van der Waals surface area contributed by atoms with Gasteiger partial charge in [-0.15, -0.1) is 0 Å². The lowest BCUT2D eigenvalue weighted by Gasteiger charge is -2.34. The Labute approximate surface area is 130 Å². The molecule has 0 aromatic heterocycles. The second-order valence-corrected chi connectivity index (χ2v) is 7.53. The van der Waals surface area contributed by atoms with Gasteiger partial charge in [0.25, 0.3) is 0 Å². The Kier molecular flexibility index (Phi) is 5.45. The Morgan fingerprint density at radius 3 is 2.43 bits per heavy atom. The minimum Gasteiger partial charge on any atom is -0.309 e. The average molecular weight is 288 g/mol. The van der Waals surface area contributed by atoms with Crippen LogP contribution in [0.25, 0.3) is 0 Å². The molecule has 0 radical (unpaired) electrons. The van der Waals surface area contributed by atoms with Gasteiger partial charge in [-0.3, -0.25) is 4.90 Å². The Hall–Kier alpha value is -0.860. The second kappa shape index (κ2) is 6.93. The van der Waals surface area contributed by atoms with Crippen LogP contribution in [-0.2, 0) is 0 Å². The summed E-state index contributed by atoms with van der Waals surface area (Å²) in [6.07, 6.45) is 1.33. The molecule has 0 saturated carbocycles. The topological polar surface area (TPSA) is 15.3 Å². The molecule has 3 atom stereocenters. The normalized spacial score (nSPS) is 23.2. The number of likely N-dealkylation sites (tertiary alicyclic amines) is 1. The molecule has 2 heteroatoms. The van der Waals surface area contributed by atoms with Crippen LogP contribution in [-0.4, -0.2) is 30.6 Å². The number of hydrogen-bond donors (Lipinski definition) is 1. The monoisotopic (exact) mass is 288 g/mol. The minimum atomic E-state index is 0.425. The largest absolute Gasteiger partial charge is 0.309 e. The molecule has 0 aliphatic carbocycles. The molecule has 1 N–H and O–H groups in total. The highest BCUT2D eigenvalue weighted by Gasteiger charge is 2.35. The molecule has 1 aromatic rings. The third kappa shape index (κ3) is 4.08. The molecule has 1 fully saturated rings. The van der Waals surface area contributed by atoms with Gasteiger partial charge in [-0.1, -0.05) is 58.0 Å². The Morgan fingerprint density at radius 2 is 1.90 bits per heavy atom. The van der Waals surface area contributed by atoms with E-state index in [9.17, 15) is 0 Å². The Morgan fingerprint density at radius 1 is 1.24 bits per heavy atom.